The number of aliphatic hydroxyl groups excluding tert-OH is 1. The summed E-state index contributed by atoms with van der Waals surface area (Å²) in [5, 5.41) is 11.8. The van der Waals surface area contributed by atoms with Crippen LogP contribution in [0, 0.1) is 34.5 Å². The zero-order chi connectivity index (χ0) is 23.0. The van der Waals surface area contributed by atoms with Gasteiger partial charge in [0, 0.05) is 24.4 Å². The molecular formula is C25H37BrO5. The highest BCUT2D eigenvalue weighted by atomic mass is 79.9. The highest BCUT2D eigenvalue weighted by Crippen LogP contribution is 2.73. The molecule has 5 nitrogen and oxygen atoms in total. The van der Waals surface area contributed by atoms with E-state index in [0.717, 1.165) is 19.3 Å². The maximum atomic E-state index is 13.2. The Morgan fingerprint density at radius 3 is 2.55 bits per heavy atom. The van der Waals surface area contributed by atoms with Gasteiger partial charge < -0.3 is 14.6 Å². The molecule has 174 valence electrons. The summed E-state index contributed by atoms with van der Waals surface area (Å²) >= 11 is 4.14. The molecule has 9 atom stereocenters. The van der Waals surface area contributed by atoms with Crippen LogP contribution in [0.2, 0.25) is 0 Å². The van der Waals surface area contributed by atoms with E-state index in [0.29, 0.717) is 12.8 Å². The van der Waals surface area contributed by atoms with E-state index in [1.54, 1.807) is 14.0 Å². The minimum absolute atomic E-state index is 0.0234. The van der Waals surface area contributed by atoms with E-state index in [-0.39, 0.29) is 47.4 Å². The third kappa shape index (κ3) is 2.77. The summed E-state index contributed by atoms with van der Waals surface area (Å²) in [6.07, 6.45) is 4.73. The van der Waals surface area contributed by atoms with Crippen molar-refractivity contribution in [3.8, 4) is 0 Å². The third-order valence-electron chi connectivity index (χ3n) is 9.83. The number of alkyl halides is 1. The van der Waals surface area contributed by atoms with Crippen molar-refractivity contribution in [3.05, 3.63) is 11.6 Å². The van der Waals surface area contributed by atoms with E-state index < -0.39 is 21.4 Å². The fraction of sp³-hybridized carbons (Fsp3) is 0.840. The van der Waals surface area contributed by atoms with E-state index in [9.17, 15) is 14.7 Å². The molecule has 4 rings (SSSR count). The van der Waals surface area contributed by atoms with Gasteiger partial charge in [0.1, 0.15) is 12.4 Å². The van der Waals surface area contributed by atoms with Crippen molar-refractivity contribution >= 4 is 27.5 Å². The number of fused-ring (bicyclic) bond motifs is 5. The largest absolute Gasteiger partial charge is 0.392 e. The van der Waals surface area contributed by atoms with E-state index in [1.165, 1.54) is 5.57 Å². The average molecular weight is 497 g/mol. The van der Waals surface area contributed by atoms with E-state index in [1.807, 2.05) is 6.08 Å². The first-order valence-electron chi connectivity index (χ1n) is 11.7. The third-order valence-corrected chi connectivity index (χ3v) is 11.8. The molecule has 4 aliphatic carbocycles. The predicted octanol–water partition coefficient (Wildman–Crippen LogP) is 4.45. The average Bonchev–Trinajstić information content (AvgIpc) is 2.91. The molecule has 3 saturated carbocycles. The van der Waals surface area contributed by atoms with Gasteiger partial charge in [-0.25, -0.2) is 0 Å². The molecule has 4 aliphatic rings. The normalized spacial score (nSPS) is 51.5. The van der Waals surface area contributed by atoms with Crippen molar-refractivity contribution < 1.29 is 24.2 Å². The lowest BCUT2D eigenvalue weighted by molar-refractivity contribution is -0.217. The zero-order valence-corrected chi connectivity index (χ0v) is 21.3. The maximum absolute atomic E-state index is 13.2. The van der Waals surface area contributed by atoms with E-state index in [2.05, 4.69) is 43.6 Å². The Morgan fingerprint density at radius 2 is 1.94 bits per heavy atom. The van der Waals surface area contributed by atoms with Crippen LogP contribution in [-0.4, -0.2) is 46.6 Å². The standard InChI is InChI=1S/C25H37BrO5/c1-14-9-20-19-10-15(2)25(16(3)27,31-13-30-6)23(19,5)12-21(29)24(20,26)22(4)8-7-17(28)11-18(14)22/h11,14-15,19-21,29H,7-10,12-13H2,1-6H3/t14?,15?,19-,20-,21?,22-,23-,24-,25-/m0/s1. The molecule has 0 saturated heterocycles. The van der Waals surface area contributed by atoms with Crippen molar-refractivity contribution in [1.82, 2.24) is 0 Å². The first-order chi connectivity index (χ1) is 14.4. The molecular weight excluding hydrogens is 460 g/mol. The Kier molecular flexibility index (Phi) is 5.69. The number of allylic oxidation sites excluding steroid dienone is 1. The molecule has 0 aromatic heterocycles. The fourth-order valence-corrected chi connectivity index (χ4v) is 9.69. The van der Waals surface area contributed by atoms with Gasteiger partial charge in [-0.3, -0.25) is 9.59 Å². The minimum Gasteiger partial charge on any atom is -0.392 e. The van der Waals surface area contributed by atoms with Gasteiger partial charge >= 0.3 is 0 Å². The molecule has 0 aromatic rings. The first kappa shape index (κ1) is 23.6. The van der Waals surface area contributed by atoms with Gasteiger partial charge in [0.25, 0.3) is 0 Å². The summed E-state index contributed by atoms with van der Waals surface area (Å²) in [6.45, 7) is 10.4. The lowest BCUT2D eigenvalue weighted by Gasteiger charge is -2.66. The summed E-state index contributed by atoms with van der Waals surface area (Å²) in [4.78, 5) is 25.4. The van der Waals surface area contributed by atoms with Gasteiger partial charge in [-0.15, -0.1) is 0 Å². The summed E-state index contributed by atoms with van der Waals surface area (Å²) in [5.41, 5.74) is -0.563. The monoisotopic (exact) mass is 496 g/mol. The zero-order valence-electron chi connectivity index (χ0n) is 19.7. The summed E-state index contributed by atoms with van der Waals surface area (Å²) < 4.78 is 11.0. The topological polar surface area (TPSA) is 72.8 Å². The van der Waals surface area contributed by atoms with Crippen LogP contribution in [0.4, 0.5) is 0 Å². The highest BCUT2D eigenvalue weighted by molar-refractivity contribution is 9.10. The molecule has 3 unspecified atom stereocenters. The molecule has 0 radical (unpaired) electrons. The SMILES string of the molecule is COCO[C@]1(C(C)=O)C(C)C[C@H]2[C@@H]3CC(C)C4=CC(=O)CC[C@]4(C)[C@@]3(Br)C(O)C[C@@]21C. The molecule has 0 spiro atoms. The molecule has 3 fully saturated rings. The number of Topliss-reactive ketones (excluding diaryl/α,β-unsaturated/α-hetero) is 1. The summed E-state index contributed by atoms with van der Waals surface area (Å²) in [7, 11) is 1.58. The van der Waals surface area contributed by atoms with Gasteiger partial charge in [0.05, 0.1) is 10.4 Å². The number of methoxy groups -OCH3 is 1. The smallest absolute Gasteiger partial charge is 0.162 e. The molecule has 31 heavy (non-hydrogen) atoms. The first-order valence-corrected chi connectivity index (χ1v) is 12.4. The maximum Gasteiger partial charge on any atom is 0.162 e. The minimum atomic E-state index is -0.966. The van der Waals surface area contributed by atoms with E-state index in [4.69, 9.17) is 9.47 Å². The Morgan fingerprint density at radius 1 is 1.26 bits per heavy atom. The van der Waals surface area contributed by atoms with Crippen molar-refractivity contribution in [2.24, 2.45) is 34.5 Å². The number of ketones is 2. The van der Waals surface area contributed by atoms with Crippen LogP contribution in [0.3, 0.4) is 0 Å². The van der Waals surface area contributed by atoms with Gasteiger partial charge in [-0.05, 0) is 62.4 Å². The number of rotatable bonds is 4. The van der Waals surface area contributed by atoms with Gasteiger partial charge in [0.2, 0.25) is 0 Å². The number of hydrogen-bond donors (Lipinski definition) is 1. The van der Waals surface area contributed by atoms with Crippen LogP contribution in [0.25, 0.3) is 0 Å². The second-order valence-corrected chi connectivity index (χ2v) is 12.4. The van der Waals surface area contributed by atoms with Crippen molar-refractivity contribution in [1.29, 1.82) is 0 Å². The summed E-state index contributed by atoms with van der Waals surface area (Å²) in [5.74, 6) is 0.926. The van der Waals surface area contributed by atoms with Crippen LogP contribution in [-0.2, 0) is 19.1 Å². The Bertz CT molecular complexity index is 825. The van der Waals surface area contributed by atoms with Crippen LogP contribution in [0.5, 0.6) is 0 Å². The number of carbonyl (C=O) groups excluding carboxylic acids is 2. The number of halogens is 1. The van der Waals surface area contributed by atoms with Crippen LogP contribution >= 0.6 is 15.9 Å². The fourth-order valence-electron chi connectivity index (χ4n) is 8.60. The van der Waals surface area contributed by atoms with Gasteiger partial charge in [-0.1, -0.05) is 49.2 Å². The van der Waals surface area contributed by atoms with Gasteiger partial charge in [-0.2, -0.15) is 0 Å². The van der Waals surface area contributed by atoms with Gasteiger partial charge in [0.15, 0.2) is 11.6 Å². The predicted molar refractivity (Wildman–Crippen MR) is 122 cm³/mol. The van der Waals surface area contributed by atoms with Crippen LogP contribution in [0.1, 0.15) is 66.7 Å². The Balaban J connectivity index is 1.85. The highest BCUT2D eigenvalue weighted by Gasteiger charge is 2.75. The number of hydrogen-bond acceptors (Lipinski definition) is 5. The molecule has 0 heterocycles. The van der Waals surface area contributed by atoms with Crippen molar-refractivity contribution in [3.63, 3.8) is 0 Å². The number of ether oxygens (including phenoxy) is 2. The van der Waals surface area contributed by atoms with Crippen molar-refractivity contribution in [2.75, 3.05) is 13.9 Å². The van der Waals surface area contributed by atoms with Crippen LogP contribution < -0.4 is 0 Å². The molecule has 0 bridgehead atoms. The van der Waals surface area contributed by atoms with Crippen LogP contribution in [0.15, 0.2) is 11.6 Å². The Labute approximate surface area is 194 Å². The second-order valence-electron chi connectivity index (χ2n) is 11.1. The lowest BCUT2D eigenvalue weighted by Crippen LogP contribution is -2.70. The second kappa shape index (κ2) is 7.48. The molecule has 0 aromatic carbocycles. The van der Waals surface area contributed by atoms with Crippen molar-refractivity contribution in [2.45, 2.75) is 82.8 Å². The van der Waals surface area contributed by atoms with E-state index >= 15 is 0 Å². The number of aliphatic hydroxyl groups is 1. The lowest BCUT2D eigenvalue weighted by atomic mass is 9.43. The number of carbonyl (C=O) groups is 2. The molecule has 1 N–H and O–H groups in total. The quantitative estimate of drug-likeness (QED) is 0.459. The Hall–Kier alpha value is -0.560. The molecule has 0 amide bonds. The molecule has 6 heteroatoms. The summed E-state index contributed by atoms with van der Waals surface area (Å²) in [6, 6.07) is 0. The molecule has 0 aliphatic heterocycles.